The highest BCUT2D eigenvalue weighted by molar-refractivity contribution is 7.98. The molecular formula is C25H25ClN2O3S. The van der Waals surface area contributed by atoms with Gasteiger partial charge in [-0.3, -0.25) is 0 Å². The molecule has 0 spiro atoms. The fourth-order valence-electron chi connectivity index (χ4n) is 3.74. The van der Waals surface area contributed by atoms with Crippen LogP contribution in [0.15, 0.2) is 64.1 Å². The van der Waals surface area contributed by atoms with Crippen molar-refractivity contribution in [2.24, 2.45) is 5.73 Å². The van der Waals surface area contributed by atoms with Gasteiger partial charge in [0.05, 0.1) is 18.1 Å². The molecule has 2 aromatic carbocycles. The number of aryl methyl sites for hydroxylation is 2. The Morgan fingerprint density at radius 2 is 1.91 bits per heavy atom. The van der Waals surface area contributed by atoms with Crippen LogP contribution in [0.2, 0.25) is 5.02 Å². The van der Waals surface area contributed by atoms with E-state index < -0.39 is 11.9 Å². The summed E-state index contributed by atoms with van der Waals surface area (Å²) in [5.41, 5.74) is 10.6. The number of nitriles is 1. The van der Waals surface area contributed by atoms with Crippen molar-refractivity contribution in [1.82, 2.24) is 0 Å². The van der Waals surface area contributed by atoms with Crippen LogP contribution >= 0.6 is 23.4 Å². The van der Waals surface area contributed by atoms with Crippen molar-refractivity contribution in [3.05, 3.63) is 86.5 Å². The molecular weight excluding hydrogens is 444 g/mol. The van der Waals surface area contributed by atoms with E-state index in [4.69, 9.17) is 26.8 Å². The van der Waals surface area contributed by atoms with Gasteiger partial charge in [0, 0.05) is 15.7 Å². The molecule has 0 fully saturated rings. The molecule has 1 aliphatic heterocycles. The van der Waals surface area contributed by atoms with Gasteiger partial charge in [-0.15, -0.1) is 11.8 Å². The molecule has 1 aliphatic rings. The molecule has 1 unspecified atom stereocenters. The van der Waals surface area contributed by atoms with E-state index in [-0.39, 0.29) is 18.1 Å². The average Bonchev–Trinajstić information content (AvgIpc) is 2.74. The molecule has 32 heavy (non-hydrogen) atoms. The van der Waals surface area contributed by atoms with Crippen LogP contribution in [0.5, 0.6) is 0 Å². The van der Waals surface area contributed by atoms with Gasteiger partial charge in [-0.2, -0.15) is 5.26 Å². The molecule has 0 aliphatic carbocycles. The Hall–Kier alpha value is -2.88. The second-order valence-corrected chi connectivity index (χ2v) is 8.98. The van der Waals surface area contributed by atoms with Crippen LogP contribution < -0.4 is 5.73 Å². The standard InChI is InChI=1S/C25H25ClN2O3S/c1-5-30-25(29)22-16(4)31-24(28)21(12-27)23(22)20-11-17(14(2)10-15(20)3)13-32-19-8-6-18(26)7-9-19/h6-11,23H,5,13,28H2,1-4H3. The minimum atomic E-state index is -0.646. The number of thioether (sulfide) groups is 1. The number of nitrogens with zero attached hydrogens (tertiary/aromatic N) is 1. The maximum atomic E-state index is 12.8. The Labute approximate surface area is 197 Å². The van der Waals surface area contributed by atoms with Crippen LogP contribution in [-0.4, -0.2) is 12.6 Å². The number of nitrogens with two attached hydrogens (primary N) is 1. The van der Waals surface area contributed by atoms with Gasteiger partial charge in [-0.1, -0.05) is 23.7 Å². The second kappa shape index (κ2) is 10.2. The van der Waals surface area contributed by atoms with Gasteiger partial charge in [0.2, 0.25) is 5.88 Å². The first kappa shape index (κ1) is 23.8. The number of hydrogen-bond donors (Lipinski definition) is 1. The number of esters is 1. The van der Waals surface area contributed by atoms with Gasteiger partial charge >= 0.3 is 5.97 Å². The smallest absolute Gasteiger partial charge is 0.338 e. The fraction of sp³-hybridized carbons (Fsp3) is 0.280. The first-order valence-corrected chi connectivity index (χ1v) is 11.6. The zero-order valence-electron chi connectivity index (χ0n) is 18.5. The summed E-state index contributed by atoms with van der Waals surface area (Å²) in [5, 5.41) is 10.5. The Bertz CT molecular complexity index is 1150. The summed E-state index contributed by atoms with van der Waals surface area (Å²) >= 11 is 7.68. The van der Waals surface area contributed by atoms with Crippen LogP contribution in [-0.2, 0) is 20.0 Å². The first-order valence-electron chi connectivity index (χ1n) is 10.2. The summed E-state index contributed by atoms with van der Waals surface area (Å²) in [7, 11) is 0. The summed E-state index contributed by atoms with van der Waals surface area (Å²) in [5.74, 6) is -0.0650. The van der Waals surface area contributed by atoms with Crippen LogP contribution in [0, 0.1) is 25.2 Å². The van der Waals surface area contributed by atoms with Crippen molar-refractivity contribution in [2.75, 3.05) is 6.61 Å². The maximum absolute atomic E-state index is 12.8. The van der Waals surface area contributed by atoms with Crippen molar-refractivity contribution in [2.45, 2.75) is 44.3 Å². The summed E-state index contributed by atoms with van der Waals surface area (Å²) in [6.45, 7) is 7.66. The lowest BCUT2D eigenvalue weighted by Gasteiger charge is -2.28. The lowest BCUT2D eigenvalue weighted by atomic mass is 9.80. The third kappa shape index (κ3) is 4.95. The van der Waals surface area contributed by atoms with Crippen molar-refractivity contribution in [3.8, 4) is 6.07 Å². The Morgan fingerprint density at radius 1 is 1.22 bits per heavy atom. The topological polar surface area (TPSA) is 85.3 Å². The SMILES string of the molecule is CCOC(=O)C1=C(C)OC(N)=C(C#N)C1c1cc(CSc2ccc(Cl)cc2)c(C)cc1C. The Kier molecular flexibility index (Phi) is 7.55. The molecule has 2 N–H and O–H groups in total. The molecule has 0 bridgehead atoms. The highest BCUT2D eigenvalue weighted by atomic mass is 35.5. The molecule has 1 heterocycles. The minimum Gasteiger partial charge on any atom is -0.463 e. The molecule has 2 aromatic rings. The largest absolute Gasteiger partial charge is 0.463 e. The van der Waals surface area contributed by atoms with E-state index in [1.54, 1.807) is 25.6 Å². The highest BCUT2D eigenvalue weighted by Gasteiger charge is 2.37. The number of benzene rings is 2. The lowest BCUT2D eigenvalue weighted by Crippen LogP contribution is -2.26. The van der Waals surface area contributed by atoms with E-state index in [1.165, 1.54) is 0 Å². The van der Waals surface area contributed by atoms with E-state index in [9.17, 15) is 10.1 Å². The number of rotatable bonds is 6. The molecule has 0 radical (unpaired) electrons. The number of hydrogen-bond acceptors (Lipinski definition) is 6. The number of carbonyl (C=O) groups is 1. The van der Waals surface area contributed by atoms with Gasteiger partial charge in [0.1, 0.15) is 17.4 Å². The summed E-state index contributed by atoms with van der Waals surface area (Å²) in [6, 6.07) is 14.0. The normalized spacial score (nSPS) is 15.9. The van der Waals surface area contributed by atoms with Crippen molar-refractivity contribution >= 4 is 29.3 Å². The van der Waals surface area contributed by atoms with E-state index >= 15 is 0 Å². The van der Waals surface area contributed by atoms with E-state index in [0.717, 1.165) is 32.9 Å². The van der Waals surface area contributed by atoms with E-state index in [0.29, 0.717) is 16.4 Å². The van der Waals surface area contributed by atoms with Crippen molar-refractivity contribution < 1.29 is 14.3 Å². The van der Waals surface area contributed by atoms with Gasteiger partial charge in [-0.05, 0) is 74.2 Å². The Morgan fingerprint density at radius 3 is 2.53 bits per heavy atom. The summed E-state index contributed by atoms with van der Waals surface area (Å²) in [4.78, 5) is 13.9. The number of carbonyl (C=O) groups excluding carboxylic acids is 1. The molecule has 3 rings (SSSR count). The van der Waals surface area contributed by atoms with E-state index in [2.05, 4.69) is 25.1 Å². The lowest BCUT2D eigenvalue weighted by molar-refractivity contribution is -0.139. The third-order valence-corrected chi connectivity index (χ3v) is 6.66. The zero-order valence-corrected chi connectivity index (χ0v) is 20.1. The molecule has 7 heteroatoms. The fourth-order valence-corrected chi connectivity index (χ4v) is 4.83. The van der Waals surface area contributed by atoms with E-state index in [1.807, 2.05) is 31.2 Å². The molecule has 5 nitrogen and oxygen atoms in total. The second-order valence-electron chi connectivity index (χ2n) is 7.49. The molecule has 1 atom stereocenters. The van der Waals surface area contributed by atoms with Crippen molar-refractivity contribution in [3.63, 3.8) is 0 Å². The molecule has 0 saturated carbocycles. The predicted octanol–water partition coefficient (Wildman–Crippen LogP) is 5.89. The van der Waals surface area contributed by atoms with Crippen LogP contribution in [0.4, 0.5) is 0 Å². The quantitative estimate of drug-likeness (QED) is 0.420. The molecule has 0 amide bonds. The van der Waals surface area contributed by atoms with Gasteiger partial charge in [-0.25, -0.2) is 4.79 Å². The number of ether oxygens (including phenoxy) is 2. The minimum absolute atomic E-state index is 0.0140. The van der Waals surface area contributed by atoms with Crippen LogP contribution in [0.25, 0.3) is 0 Å². The number of halogens is 1. The monoisotopic (exact) mass is 468 g/mol. The number of allylic oxidation sites excluding steroid dienone is 2. The zero-order chi connectivity index (χ0) is 23.4. The molecule has 0 aromatic heterocycles. The summed E-state index contributed by atoms with van der Waals surface area (Å²) in [6.07, 6.45) is 0. The molecule has 0 saturated heterocycles. The highest BCUT2D eigenvalue weighted by Crippen LogP contribution is 2.42. The first-order chi connectivity index (χ1) is 15.3. The Balaban J connectivity index is 2.05. The van der Waals surface area contributed by atoms with Gasteiger partial charge < -0.3 is 15.2 Å². The van der Waals surface area contributed by atoms with Gasteiger partial charge in [0.25, 0.3) is 0 Å². The molecule has 166 valence electrons. The van der Waals surface area contributed by atoms with Crippen molar-refractivity contribution in [1.29, 1.82) is 5.26 Å². The maximum Gasteiger partial charge on any atom is 0.338 e. The predicted molar refractivity (Wildman–Crippen MR) is 127 cm³/mol. The summed E-state index contributed by atoms with van der Waals surface area (Å²) < 4.78 is 10.8. The van der Waals surface area contributed by atoms with Crippen LogP contribution in [0.3, 0.4) is 0 Å². The third-order valence-electron chi connectivity index (χ3n) is 5.34. The average molecular weight is 469 g/mol. The van der Waals surface area contributed by atoms with Gasteiger partial charge in [0.15, 0.2) is 0 Å². The van der Waals surface area contributed by atoms with Crippen LogP contribution in [0.1, 0.15) is 42.0 Å².